The highest BCUT2D eigenvalue weighted by Gasteiger charge is 2.41. The summed E-state index contributed by atoms with van der Waals surface area (Å²) >= 11 is 3.31. The number of nitrogens with one attached hydrogen (secondary N) is 1. The molecule has 90 valence electrons. The summed E-state index contributed by atoms with van der Waals surface area (Å²) in [5, 5.41) is 0. The maximum Gasteiger partial charge on any atom is 0.248 e. The number of hydrogen-bond donors (Lipinski definition) is 1. The molecule has 0 amide bonds. The molecule has 17 heavy (non-hydrogen) atoms. The molecule has 1 N–H and O–H groups in total. The Hall–Kier alpha value is -1.04. The van der Waals surface area contributed by atoms with Crippen molar-refractivity contribution in [1.29, 1.82) is 0 Å². The van der Waals surface area contributed by atoms with E-state index in [1.807, 2.05) is 6.07 Å². The fraction of sp³-hybridized carbons (Fsp3) is 0.455. The third-order valence-electron chi connectivity index (χ3n) is 3.11. The van der Waals surface area contributed by atoms with Crippen molar-refractivity contribution in [3.8, 4) is 0 Å². The standard InChI is InChI=1S/C11H10BrF2N3/c12-7-3-8-10(15-5-7)17-9(16-8)6-1-2-11(13,14)4-6/h3,5-6H,1-2,4H2,(H,15,16,17). The van der Waals surface area contributed by atoms with Gasteiger partial charge in [0.2, 0.25) is 5.92 Å². The molecule has 0 saturated heterocycles. The molecule has 0 bridgehead atoms. The van der Waals surface area contributed by atoms with Gasteiger partial charge in [-0.05, 0) is 28.4 Å². The summed E-state index contributed by atoms with van der Waals surface area (Å²) in [5.41, 5.74) is 1.36. The van der Waals surface area contributed by atoms with E-state index in [1.54, 1.807) is 6.20 Å². The van der Waals surface area contributed by atoms with E-state index in [2.05, 4.69) is 30.9 Å². The minimum Gasteiger partial charge on any atom is -0.340 e. The van der Waals surface area contributed by atoms with Crippen LogP contribution in [0.4, 0.5) is 8.78 Å². The van der Waals surface area contributed by atoms with Crippen LogP contribution in [0.1, 0.15) is 31.0 Å². The number of halogens is 3. The lowest BCUT2D eigenvalue weighted by molar-refractivity contribution is 0.00756. The van der Waals surface area contributed by atoms with Gasteiger partial charge in [-0.1, -0.05) is 0 Å². The summed E-state index contributed by atoms with van der Waals surface area (Å²) in [6.07, 6.45) is 1.96. The molecular weight excluding hydrogens is 292 g/mol. The zero-order chi connectivity index (χ0) is 12.0. The molecule has 0 spiro atoms. The van der Waals surface area contributed by atoms with Crippen molar-refractivity contribution < 1.29 is 8.78 Å². The lowest BCUT2D eigenvalue weighted by Crippen LogP contribution is -2.09. The van der Waals surface area contributed by atoms with Crippen molar-refractivity contribution in [2.75, 3.05) is 0 Å². The van der Waals surface area contributed by atoms with Gasteiger partial charge in [0.25, 0.3) is 0 Å². The average molecular weight is 302 g/mol. The first-order valence-electron chi connectivity index (χ1n) is 5.42. The highest BCUT2D eigenvalue weighted by atomic mass is 79.9. The fourth-order valence-corrected chi connectivity index (χ4v) is 2.60. The van der Waals surface area contributed by atoms with Crippen LogP contribution in [-0.4, -0.2) is 20.9 Å². The van der Waals surface area contributed by atoms with Crippen LogP contribution >= 0.6 is 15.9 Å². The molecule has 3 rings (SSSR count). The van der Waals surface area contributed by atoms with Gasteiger partial charge in [0.1, 0.15) is 5.82 Å². The molecule has 1 fully saturated rings. The predicted octanol–water partition coefficient (Wildman–Crippen LogP) is 3.62. The van der Waals surface area contributed by atoms with E-state index in [4.69, 9.17) is 0 Å². The maximum atomic E-state index is 13.1. The van der Waals surface area contributed by atoms with Gasteiger partial charge in [0.05, 0.1) is 5.52 Å². The van der Waals surface area contributed by atoms with Crippen molar-refractivity contribution in [3.05, 3.63) is 22.6 Å². The molecule has 0 aliphatic heterocycles. The smallest absolute Gasteiger partial charge is 0.248 e. The van der Waals surface area contributed by atoms with Crippen molar-refractivity contribution in [2.24, 2.45) is 0 Å². The molecule has 2 aromatic heterocycles. The number of rotatable bonds is 1. The van der Waals surface area contributed by atoms with Gasteiger partial charge in [-0.15, -0.1) is 0 Å². The molecule has 1 saturated carbocycles. The number of alkyl halides is 2. The number of aromatic amines is 1. The van der Waals surface area contributed by atoms with Gasteiger partial charge in [0, 0.05) is 29.4 Å². The summed E-state index contributed by atoms with van der Waals surface area (Å²) in [6, 6.07) is 1.85. The third-order valence-corrected chi connectivity index (χ3v) is 3.55. The monoisotopic (exact) mass is 301 g/mol. The molecule has 0 aromatic carbocycles. The van der Waals surface area contributed by atoms with Crippen LogP contribution in [0.3, 0.4) is 0 Å². The largest absolute Gasteiger partial charge is 0.340 e. The first-order chi connectivity index (χ1) is 8.03. The molecule has 0 radical (unpaired) electrons. The number of H-pyrrole nitrogens is 1. The van der Waals surface area contributed by atoms with E-state index in [-0.39, 0.29) is 18.8 Å². The van der Waals surface area contributed by atoms with Crippen molar-refractivity contribution >= 4 is 27.1 Å². The number of fused-ring (bicyclic) bond motifs is 1. The number of aromatic nitrogens is 3. The second-order valence-corrected chi connectivity index (χ2v) is 5.36. The van der Waals surface area contributed by atoms with Crippen LogP contribution in [0.25, 0.3) is 11.2 Å². The Bertz CT molecular complexity index is 567. The minimum atomic E-state index is -2.54. The Labute approximate surface area is 105 Å². The number of nitrogens with zero attached hydrogens (tertiary/aromatic N) is 2. The Morgan fingerprint density at radius 3 is 3.00 bits per heavy atom. The maximum absolute atomic E-state index is 13.1. The van der Waals surface area contributed by atoms with Crippen LogP contribution in [0.2, 0.25) is 0 Å². The van der Waals surface area contributed by atoms with Gasteiger partial charge < -0.3 is 4.98 Å². The molecule has 2 aromatic rings. The van der Waals surface area contributed by atoms with Crippen LogP contribution in [-0.2, 0) is 0 Å². The topological polar surface area (TPSA) is 41.6 Å². The zero-order valence-electron chi connectivity index (χ0n) is 8.88. The molecule has 1 atom stereocenters. The number of hydrogen-bond acceptors (Lipinski definition) is 2. The molecule has 1 unspecified atom stereocenters. The lowest BCUT2D eigenvalue weighted by atomic mass is 10.1. The summed E-state index contributed by atoms with van der Waals surface area (Å²) < 4.78 is 27.1. The second-order valence-electron chi connectivity index (χ2n) is 4.44. The molecule has 1 aliphatic rings. The van der Waals surface area contributed by atoms with E-state index in [9.17, 15) is 8.78 Å². The zero-order valence-corrected chi connectivity index (χ0v) is 10.5. The van der Waals surface area contributed by atoms with Crippen LogP contribution < -0.4 is 0 Å². The van der Waals surface area contributed by atoms with Crippen molar-refractivity contribution in [2.45, 2.75) is 31.1 Å². The first-order valence-corrected chi connectivity index (χ1v) is 6.22. The minimum absolute atomic E-state index is 0.0498. The van der Waals surface area contributed by atoms with E-state index < -0.39 is 5.92 Å². The van der Waals surface area contributed by atoms with E-state index in [1.165, 1.54) is 0 Å². The number of pyridine rings is 1. The average Bonchev–Trinajstić information content (AvgIpc) is 2.80. The summed E-state index contributed by atoms with van der Waals surface area (Å²) in [7, 11) is 0. The van der Waals surface area contributed by atoms with Gasteiger partial charge in [-0.25, -0.2) is 18.7 Å². The van der Waals surface area contributed by atoms with E-state index in [0.29, 0.717) is 17.9 Å². The van der Waals surface area contributed by atoms with Crippen LogP contribution in [0, 0.1) is 0 Å². The summed E-state index contributed by atoms with van der Waals surface area (Å²) in [4.78, 5) is 11.5. The molecule has 3 nitrogen and oxygen atoms in total. The molecular formula is C11H10BrF2N3. The van der Waals surface area contributed by atoms with Crippen LogP contribution in [0.15, 0.2) is 16.7 Å². The van der Waals surface area contributed by atoms with Gasteiger partial charge in [0.15, 0.2) is 5.65 Å². The van der Waals surface area contributed by atoms with Gasteiger partial charge in [-0.2, -0.15) is 0 Å². The van der Waals surface area contributed by atoms with E-state index in [0.717, 1.165) is 9.99 Å². The molecule has 6 heteroatoms. The third kappa shape index (κ3) is 2.06. The first kappa shape index (κ1) is 11.1. The molecule has 1 aliphatic carbocycles. The van der Waals surface area contributed by atoms with Crippen molar-refractivity contribution in [3.63, 3.8) is 0 Å². The Morgan fingerprint density at radius 2 is 2.29 bits per heavy atom. The van der Waals surface area contributed by atoms with Gasteiger partial charge in [-0.3, -0.25) is 0 Å². The lowest BCUT2D eigenvalue weighted by Gasteiger charge is -2.07. The fourth-order valence-electron chi connectivity index (χ4n) is 2.27. The SMILES string of the molecule is FC1(F)CCC(c2nc3ncc(Br)cc3[nH]2)C1. The highest BCUT2D eigenvalue weighted by Crippen LogP contribution is 2.43. The Balaban J connectivity index is 1.96. The highest BCUT2D eigenvalue weighted by molar-refractivity contribution is 9.10. The number of imidazole rings is 1. The summed E-state index contributed by atoms with van der Waals surface area (Å²) in [6.45, 7) is 0. The normalized spacial score (nSPS) is 23.4. The second kappa shape index (κ2) is 3.73. The van der Waals surface area contributed by atoms with Gasteiger partial charge >= 0.3 is 0 Å². The Morgan fingerprint density at radius 1 is 1.47 bits per heavy atom. The van der Waals surface area contributed by atoms with Crippen molar-refractivity contribution in [1.82, 2.24) is 15.0 Å². The predicted molar refractivity (Wildman–Crippen MR) is 63.1 cm³/mol. The Kier molecular flexibility index (Phi) is 2.43. The molecule has 2 heterocycles. The van der Waals surface area contributed by atoms with Crippen LogP contribution in [0.5, 0.6) is 0 Å². The quantitative estimate of drug-likeness (QED) is 0.874. The summed E-state index contributed by atoms with van der Waals surface area (Å²) in [5.74, 6) is -2.10. The van der Waals surface area contributed by atoms with E-state index >= 15 is 0 Å².